The van der Waals surface area contributed by atoms with Crippen molar-refractivity contribution in [2.24, 2.45) is 29.6 Å². The lowest BCUT2D eigenvalue weighted by Crippen LogP contribution is -2.52. The number of esters is 1. The van der Waals surface area contributed by atoms with Crippen LogP contribution in [0.5, 0.6) is 0 Å². The molecule has 0 bridgehead atoms. The summed E-state index contributed by atoms with van der Waals surface area (Å²) >= 11 is 3.40. The highest BCUT2D eigenvalue weighted by atomic mass is 79.9. The molecule has 6 unspecified atom stereocenters. The third-order valence-electron chi connectivity index (χ3n) is 5.92. The van der Waals surface area contributed by atoms with Gasteiger partial charge in [-0.2, -0.15) is 0 Å². The first-order valence-corrected chi connectivity index (χ1v) is 10.2. The number of fused-ring (bicyclic) bond motifs is 1. The zero-order valence-corrected chi connectivity index (χ0v) is 17.5. The molecule has 1 saturated carbocycles. The van der Waals surface area contributed by atoms with Crippen molar-refractivity contribution in [2.45, 2.75) is 40.7 Å². The van der Waals surface area contributed by atoms with Gasteiger partial charge in [-0.15, -0.1) is 0 Å². The van der Waals surface area contributed by atoms with Gasteiger partial charge in [0.25, 0.3) is 0 Å². The van der Waals surface area contributed by atoms with E-state index in [4.69, 9.17) is 9.47 Å². The van der Waals surface area contributed by atoms with Crippen molar-refractivity contribution >= 4 is 33.8 Å². The molecule has 3 rings (SSSR count). The third kappa shape index (κ3) is 5.09. The molecule has 6 heteroatoms. The van der Waals surface area contributed by atoms with Crippen molar-refractivity contribution in [2.75, 3.05) is 13.2 Å². The summed E-state index contributed by atoms with van der Waals surface area (Å²) < 4.78 is 12.1. The molecule has 1 aliphatic carbocycles. The Balaban J connectivity index is 0.00000280. The fourth-order valence-electron chi connectivity index (χ4n) is 4.54. The van der Waals surface area contributed by atoms with Crippen molar-refractivity contribution in [3.8, 4) is 0 Å². The van der Waals surface area contributed by atoms with Crippen LogP contribution in [0.1, 0.15) is 40.3 Å². The molecule has 0 spiro atoms. The number of carbonyl (C=O) groups is 2. The Morgan fingerprint density at radius 3 is 2.79 bits per heavy atom. The molecule has 1 saturated heterocycles. The maximum absolute atomic E-state index is 12.5. The summed E-state index contributed by atoms with van der Waals surface area (Å²) in [5.74, 6) is 0.537. The van der Waals surface area contributed by atoms with Gasteiger partial charge in [-0.05, 0) is 59.3 Å². The van der Waals surface area contributed by atoms with Gasteiger partial charge in [0.15, 0.2) is 5.78 Å². The summed E-state index contributed by atoms with van der Waals surface area (Å²) in [7, 11) is 0. The Morgan fingerprint density at radius 2 is 2.14 bits per heavy atom. The minimum Gasteiger partial charge on any atom is -0.466 e. The van der Waals surface area contributed by atoms with Gasteiger partial charge in [0, 0.05) is 35.3 Å². The molecule has 0 radical (unpaired) electrons. The molecule has 1 aromatic heterocycles. The smallest absolute Gasteiger partial charge is 0.302 e. The minimum atomic E-state index is -0.273. The highest BCUT2D eigenvalue weighted by molar-refractivity contribution is 9.10. The van der Waals surface area contributed by atoms with Crippen LogP contribution in [0, 0.1) is 29.6 Å². The zero-order chi connectivity index (χ0) is 19.6. The molecule has 0 N–H and O–H groups in total. The molecule has 154 valence electrons. The van der Waals surface area contributed by atoms with E-state index in [0.29, 0.717) is 6.61 Å². The topological polar surface area (TPSA) is 65.5 Å². The SMILES string of the molecule is C.CC(=O)OCC1C(C)CC2C(=O)COC(C)C2C1/C=C/c1ccc(Br)cn1. The second-order valence-corrected chi connectivity index (χ2v) is 8.60. The first-order chi connectivity index (χ1) is 12.9. The largest absolute Gasteiger partial charge is 0.466 e. The van der Waals surface area contributed by atoms with Gasteiger partial charge in [-0.1, -0.05) is 20.4 Å². The fourth-order valence-corrected chi connectivity index (χ4v) is 4.77. The monoisotopic (exact) mass is 451 g/mol. The van der Waals surface area contributed by atoms with Crippen LogP contribution < -0.4 is 0 Å². The van der Waals surface area contributed by atoms with Crippen molar-refractivity contribution in [3.05, 3.63) is 34.6 Å². The van der Waals surface area contributed by atoms with E-state index in [0.717, 1.165) is 16.6 Å². The normalized spacial score (nSPS) is 32.5. The predicted molar refractivity (Wildman–Crippen MR) is 112 cm³/mol. The van der Waals surface area contributed by atoms with E-state index in [1.54, 1.807) is 6.20 Å². The molecule has 2 aliphatic rings. The number of rotatable bonds is 4. The summed E-state index contributed by atoms with van der Waals surface area (Å²) in [5, 5.41) is 0. The average molecular weight is 452 g/mol. The summed E-state index contributed by atoms with van der Waals surface area (Å²) in [6, 6.07) is 3.89. The van der Waals surface area contributed by atoms with E-state index in [1.807, 2.05) is 25.1 Å². The van der Waals surface area contributed by atoms with Crippen molar-refractivity contribution in [1.29, 1.82) is 0 Å². The van der Waals surface area contributed by atoms with Crippen LogP contribution >= 0.6 is 15.9 Å². The number of aromatic nitrogens is 1. The molecule has 2 heterocycles. The van der Waals surface area contributed by atoms with Crippen LogP contribution in [0.15, 0.2) is 28.9 Å². The lowest BCUT2D eigenvalue weighted by atomic mass is 9.59. The van der Waals surface area contributed by atoms with Gasteiger partial charge in [-0.3, -0.25) is 14.6 Å². The molecular formula is C22H30BrNO4. The second kappa shape index (κ2) is 9.79. The van der Waals surface area contributed by atoms with Crippen LogP contribution in [0.3, 0.4) is 0 Å². The molecular weight excluding hydrogens is 422 g/mol. The Morgan fingerprint density at radius 1 is 1.39 bits per heavy atom. The van der Waals surface area contributed by atoms with Crippen LogP contribution in [0.2, 0.25) is 0 Å². The molecule has 1 aromatic rings. The predicted octanol–water partition coefficient (Wildman–Crippen LogP) is 4.55. The van der Waals surface area contributed by atoms with Gasteiger partial charge in [0.1, 0.15) is 6.61 Å². The van der Waals surface area contributed by atoms with E-state index >= 15 is 0 Å². The summed E-state index contributed by atoms with van der Waals surface area (Å²) in [5.41, 5.74) is 0.856. The van der Waals surface area contributed by atoms with Crippen LogP contribution in [0.4, 0.5) is 0 Å². The summed E-state index contributed by atoms with van der Waals surface area (Å²) in [6.07, 6.45) is 6.71. The first kappa shape index (κ1) is 22.8. The van der Waals surface area contributed by atoms with E-state index in [-0.39, 0.29) is 61.5 Å². The molecule has 1 aliphatic heterocycles. The standard InChI is InChI=1S/C21H26BrNO4.CH4/c1-12-8-18-20(25)11-26-13(2)21(18)17(19(12)10-27-14(3)24)7-6-16-5-4-15(22)9-23-16;/h4-7,9,12-13,17-19,21H,8,10-11H2,1-3H3;1H4/b7-6+;. The van der Waals surface area contributed by atoms with Gasteiger partial charge in [0.2, 0.25) is 0 Å². The maximum atomic E-state index is 12.5. The fraction of sp³-hybridized carbons (Fsp3) is 0.591. The van der Waals surface area contributed by atoms with Crippen molar-refractivity contribution in [3.63, 3.8) is 0 Å². The van der Waals surface area contributed by atoms with E-state index in [2.05, 4.69) is 33.9 Å². The van der Waals surface area contributed by atoms with Gasteiger partial charge in [-0.25, -0.2) is 0 Å². The highest BCUT2D eigenvalue weighted by Crippen LogP contribution is 2.47. The van der Waals surface area contributed by atoms with Crippen molar-refractivity contribution < 1.29 is 19.1 Å². The van der Waals surface area contributed by atoms with Crippen LogP contribution in [-0.2, 0) is 19.1 Å². The number of nitrogens with zero attached hydrogens (tertiary/aromatic N) is 1. The molecule has 2 fully saturated rings. The van der Waals surface area contributed by atoms with E-state index < -0.39 is 0 Å². The zero-order valence-electron chi connectivity index (χ0n) is 15.9. The van der Waals surface area contributed by atoms with E-state index in [1.165, 1.54) is 6.92 Å². The number of allylic oxidation sites excluding steroid dienone is 1. The number of hydrogen-bond acceptors (Lipinski definition) is 5. The number of halogens is 1. The quantitative estimate of drug-likeness (QED) is 0.628. The van der Waals surface area contributed by atoms with Crippen LogP contribution in [0.25, 0.3) is 6.08 Å². The Bertz CT molecular complexity index is 718. The Labute approximate surface area is 176 Å². The van der Waals surface area contributed by atoms with Gasteiger partial charge < -0.3 is 9.47 Å². The minimum absolute atomic E-state index is 0. The molecule has 6 atom stereocenters. The number of ketones is 1. The third-order valence-corrected chi connectivity index (χ3v) is 6.39. The molecule has 0 aromatic carbocycles. The Hall–Kier alpha value is -1.53. The number of pyridine rings is 1. The average Bonchev–Trinajstić information content (AvgIpc) is 2.63. The number of ether oxygens (including phenoxy) is 2. The van der Waals surface area contributed by atoms with Crippen LogP contribution in [-0.4, -0.2) is 36.1 Å². The van der Waals surface area contributed by atoms with E-state index in [9.17, 15) is 9.59 Å². The molecule has 28 heavy (non-hydrogen) atoms. The number of Topliss-reactive ketones (excluding diaryl/α,β-unsaturated/α-hetero) is 1. The number of hydrogen-bond donors (Lipinski definition) is 0. The second-order valence-electron chi connectivity index (χ2n) is 7.68. The maximum Gasteiger partial charge on any atom is 0.302 e. The lowest BCUT2D eigenvalue weighted by molar-refractivity contribution is -0.159. The first-order valence-electron chi connectivity index (χ1n) is 9.44. The number of carbonyl (C=O) groups excluding carboxylic acids is 2. The molecule has 5 nitrogen and oxygen atoms in total. The highest BCUT2D eigenvalue weighted by Gasteiger charge is 2.49. The summed E-state index contributed by atoms with van der Waals surface area (Å²) in [6.45, 7) is 6.19. The van der Waals surface area contributed by atoms with Crippen molar-refractivity contribution in [1.82, 2.24) is 4.98 Å². The van der Waals surface area contributed by atoms with Gasteiger partial charge in [0.05, 0.1) is 18.4 Å². The lowest BCUT2D eigenvalue weighted by Gasteiger charge is -2.49. The Kier molecular flexibility index (Phi) is 7.96. The van der Waals surface area contributed by atoms with Gasteiger partial charge >= 0.3 is 5.97 Å². The summed E-state index contributed by atoms with van der Waals surface area (Å²) in [4.78, 5) is 28.3. The molecule has 0 amide bonds.